The second-order valence-corrected chi connectivity index (χ2v) is 3.05. The van der Waals surface area contributed by atoms with Gasteiger partial charge in [0.1, 0.15) is 12.6 Å². The summed E-state index contributed by atoms with van der Waals surface area (Å²) in [6.45, 7) is 1.30. The van der Waals surface area contributed by atoms with Crippen LogP contribution in [0.4, 0.5) is 0 Å². The maximum atomic E-state index is 11.2. The van der Waals surface area contributed by atoms with Gasteiger partial charge in [0.25, 0.3) is 0 Å². The molecule has 0 rings (SSSR count). The Morgan fingerprint density at radius 3 is 2.38 bits per heavy atom. The molecule has 5 nitrogen and oxygen atoms in total. The molecule has 0 saturated heterocycles. The highest BCUT2D eigenvalue weighted by molar-refractivity contribution is 5.85. The van der Waals surface area contributed by atoms with Crippen molar-refractivity contribution in [1.82, 2.24) is 0 Å². The Hall–Kier alpha value is -0.0700. The van der Waals surface area contributed by atoms with Gasteiger partial charge >= 0.3 is 5.97 Å². The fourth-order valence-electron chi connectivity index (χ4n) is 0.959. The number of halogens is 2. The quantitative estimate of drug-likeness (QED) is 0.497. The zero-order valence-corrected chi connectivity index (χ0v) is 11.1. The average molecular weight is 277 g/mol. The summed E-state index contributed by atoms with van der Waals surface area (Å²) < 4.78 is 9.59. The number of methoxy groups -OCH3 is 1. The SMILES string of the molecule is COCCOC(=O)C(N)CCCCN.Cl.Cl. The highest BCUT2D eigenvalue weighted by Crippen LogP contribution is 1.99. The first-order valence-electron chi connectivity index (χ1n) is 4.83. The van der Waals surface area contributed by atoms with Crippen LogP contribution < -0.4 is 11.5 Å². The largest absolute Gasteiger partial charge is 0.462 e. The average Bonchev–Trinajstić information content (AvgIpc) is 2.18. The van der Waals surface area contributed by atoms with Gasteiger partial charge in [-0.25, -0.2) is 0 Å². The molecule has 0 aromatic heterocycles. The van der Waals surface area contributed by atoms with Gasteiger partial charge in [0.15, 0.2) is 0 Å². The van der Waals surface area contributed by atoms with Crippen LogP contribution in [0.2, 0.25) is 0 Å². The molecule has 0 saturated carbocycles. The van der Waals surface area contributed by atoms with Gasteiger partial charge in [-0.1, -0.05) is 6.42 Å². The molecule has 0 fully saturated rings. The van der Waals surface area contributed by atoms with Gasteiger partial charge in [-0.3, -0.25) is 4.79 Å². The summed E-state index contributed by atoms with van der Waals surface area (Å²) in [4.78, 5) is 11.2. The lowest BCUT2D eigenvalue weighted by Crippen LogP contribution is -2.33. The topological polar surface area (TPSA) is 87.6 Å². The van der Waals surface area contributed by atoms with E-state index in [2.05, 4.69) is 0 Å². The molecule has 0 aliphatic rings. The normalized spacial score (nSPS) is 10.9. The van der Waals surface area contributed by atoms with Crippen LogP contribution in [0.25, 0.3) is 0 Å². The molecular weight excluding hydrogens is 255 g/mol. The van der Waals surface area contributed by atoms with Crippen LogP contribution in [0.3, 0.4) is 0 Å². The zero-order valence-electron chi connectivity index (χ0n) is 9.52. The van der Waals surface area contributed by atoms with Crippen molar-refractivity contribution < 1.29 is 14.3 Å². The Morgan fingerprint density at radius 2 is 1.88 bits per heavy atom. The van der Waals surface area contributed by atoms with Crippen molar-refractivity contribution >= 4 is 30.8 Å². The molecule has 0 aromatic rings. The molecule has 0 aliphatic carbocycles. The molecule has 0 radical (unpaired) electrons. The lowest BCUT2D eigenvalue weighted by Gasteiger charge is -2.10. The van der Waals surface area contributed by atoms with Gasteiger partial charge in [0, 0.05) is 7.11 Å². The predicted octanol–water partition coefficient (Wildman–Crippen LogP) is 0.476. The van der Waals surface area contributed by atoms with Crippen molar-refractivity contribution in [3.63, 3.8) is 0 Å². The van der Waals surface area contributed by atoms with E-state index in [0.29, 0.717) is 19.6 Å². The summed E-state index contributed by atoms with van der Waals surface area (Å²) in [6.07, 6.45) is 2.37. The molecule has 1 unspecified atom stereocenters. The smallest absolute Gasteiger partial charge is 0.322 e. The van der Waals surface area contributed by atoms with Gasteiger partial charge in [0.2, 0.25) is 0 Å². The van der Waals surface area contributed by atoms with E-state index < -0.39 is 6.04 Å². The van der Waals surface area contributed by atoms with E-state index in [-0.39, 0.29) is 37.4 Å². The van der Waals surface area contributed by atoms with Gasteiger partial charge in [-0.15, -0.1) is 24.8 Å². The number of unbranched alkanes of at least 4 members (excludes halogenated alkanes) is 1. The fraction of sp³-hybridized carbons (Fsp3) is 0.889. The van der Waals surface area contributed by atoms with Crippen molar-refractivity contribution in [3.8, 4) is 0 Å². The molecule has 7 heteroatoms. The Balaban J connectivity index is -0.000000845. The maximum Gasteiger partial charge on any atom is 0.322 e. The van der Waals surface area contributed by atoms with E-state index in [1.807, 2.05) is 0 Å². The standard InChI is InChI=1S/C9H20N2O3.2ClH/c1-13-6-7-14-9(12)8(11)4-2-3-5-10;;/h8H,2-7,10-11H2,1H3;2*1H. The number of carbonyl (C=O) groups excluding carboxylic acids is 1. The van der Waals surface area contributed by atoms with Crippen LogP contribution in [0.5, 0.6) is 0 Å². The second kappa shape index (κ2) is 14.9. The molecule has 100 valence electrons. The van der Waals surface area contributed by atoms with Crippen LogP contribution in [0.15, 0.2) is 0 Å². The lowest BCUT2D eigenvalue weighted by molar-refractivity contribution is -0.146. The molecule has 0 aliphatic heterocycles. The minimum Gasteiger partial charge on any atom is -0.462 e. The fourth-order valence-corrected chi connectivity index (χ4v) is 0.959. The van der Waals surface area contributed by atoms with E-state index in [1.165, 1.54) is 0 Å². The molecule has 4 N–H and O–H groups in total. The first-order valence-corrected chi connectivity index (χ1v) is 4.83. The predicted molar refractivity (Wildman–Crippen MR) is 68.2 cm³/mol. The maximum absolute atomic E-state index is 11.2. The van der Waals surface area contributed by atoms with E-state index in [1.54, 1.807) is 7.11 Å². The highest BCUT2D eigenvalue weighted by atomic mass is 35.5. The lowest BCUT2D eigenvalue weighted by atomic mass is 10.1. The van der Waals surface area contributed by atoms with E-state index in [0.717, 1.165) is 12.8 Å². The molecule has 0 aromatic carbocycles. The minimum absolute atomic E-state index is 0. The van der Waals surface area contributed by atoms with Gasteiger partial charge in [-0.2, -0.15) is 0 Å². The van der Waals surface area contributed by atoms with Crippen LogP contribution in [-0.2, 0) is 14.3 Å². The summed E-state index contributed by atoms with van der Waals surface area (Å²) >= 11 is 0. The Bertz CT molecular complexity index is 162. The summed E-state index contributed by atoms with van der Waals surface area (Å²) in [5, 5.41) is 0. The van der Waals surface area contributed by atoms with Crippen LogP contribution >= 0.6 is 24.8 Å². The molecular formula is C9H22Cl2N2O3. The third kappa shape index (κ3) is 12.0. The number of ether oxygens (including phenoxy) is 2. The van der Waals surface area contributed by atoms with Crippen LogP contribution in [-0.4, -0.2) is 38.9 Å². The molecule has 1 atom stereocenters. The molecule has 16 heavy (non-hydrogen) atoms. The van der Waals surface area contributed by atoms with Gasteiger partial charge < -0.3 is 20.9 Å². The van der Waals surface area contributed by atoms with Gasteiger partial charge in [0.05, 0.1) is 6.61 Å². The second-order valence-electron chi connectivity index (χ2n) is 3.05. The first kappa shape index (κ1) is 21.2. The molecule has 0 spiro atoms. The Labute approximate surface area is 109 Å². The summed E-state index contributed by atoms with van der Waals surface area (Å²) in [6, 6.07) is -0.529. The number of esters is 1. The van der Waals surface area contributed by atoms with E-state index in [9.17, 15) is 4.79 Å². The van der Waals surface area contributed by atoms with Crippen molar-refractivity contribution in [2.75, 3.05) is 26.9 Å². The first-order chi connectivity index (χ1) is 6.72. The number of nitrogens with two attached hydrogens (primary N) is 2. The van der Waals surface area contributed by atoms with Gasteiger partial charge in [-0.05, 0) is 19.4 Å². The molecule has 0 bridgehead atoms. The Morgan fingerprint density at radius 1 is 1.25 bits per heavy atom. The zero-order chi connectivity index (χ0) is 10.8. The van der Waals surface area contributed by atoms with Crippen LogP contribution in [0, 0.1) is 0 Å². The monoisotopic (exact) mass is 276 g/mol. The Kier molecular flexibility index (Phi) is 19.8. The van der Waals surface area contributed by atoms with Crippen molar-refractivity contribution in [2.24, 2.45) is 11.5 Å². The van der Waals surface area contributed by atoms with Crippen molar-refractivity contribution in [1.29, 1.82) is 0 Å². The molecule has 0 heterocycles. The van der Waals surface area contributed by atoms with Crippen molar-refractivity contribution in [3.05, 3.63) is 0 Å². The van der Waals surface area contributed by atoms with Crippen molar-refractivity contribution in [2.45, 2.75) is 25.3 Å². The number of carbonyl (C=O) groups is 1. The third-order valence-electron chi connectivity index (χ3n) is 1.80. The molecule has 0 amide bonds. The third-order valence-corrected chi connectivity index (χ3v) is 1.80. The number of hydrogen-bond acceptors (Lipinski definition) is 5. The minimum atomic E-state index is -0.529. The van der Waals surface area contributed by atoms with Crippen LogP contribution in [0.1, 0.15) is 19.3 Å². The number of rotatable bonds is 8. The van der Waals surface area contributed by atoms with E-state index >= 15 is 0 Å². The summed E-state index contributed by atoms with van der Waals surface area (Å²) in [5.41, 5.74) is 10.9. The highest BCUT2D eigenvalue weighted by Gasteiger charge is 2.13. The summed E-state index contributed by atoms with van der Waals surface area (Å²) in [5.74, 6) is -0.362. The summed E-state index contributed by atoms with van der Waals surface area (Å²) in [7, 11) is 1.55. The van der Waals surface area contributed by atoms with E-state index in [4.69, 9.17) is 20.9 Å². The number of hydrogen-bond donors (Lipinski definition) is 2.